The van der Waals surface area contributed by atoms with Gasteiger partial charge in [-0.3, -0.25) is 4.79 Å². The third kappa shape index (κ3) is 6.76. The summed E-state index contributed by atoms with van der Waals surface area (Å²) in [4.78, 5) is 13.2. The normalized spacial score (nSPS) is 14.1. The van der Waals surface area contributed by atoms with Crippen LogP contribution in [0.2, 0.25) is 18.1 Å². The first kappa shape index (κ1) is 24.7. The van der Waals surface area contributed by atoms with Crippen molar-refractivity contribution < 1.29 is 9.22 Å². The fraction of sp³-hybridized carbons (Fsp3) is 0.276. The van der Waals surface area contributed by atoms with Crippen LogP contribution in [-0.2, 0) is 4.43 Å². The van der Waals surface area contributed by atoms with Crippen LogP contribution in [0.4, 0.5) is 0 Å². The van der Waals surface area contributed by atoms with E-state index in [9.17, 15) is 4.79 Å². The van der Waals surface area contributed by atoms with Gasteiger partial charge in [-0.2, -0.15) is 0 Å². The molecule has 0 spiro atoms. The first-order chi connectivity index (χ1) is 15.7. The molecule has 0 unspecified atom stereocenters. The first-order valence-corrected chi connectivity index (χ1v) is 14.4. The van der Waals surface area contributed by atoms with Crippen molar-refractivity contribution in [1.82, 2.24) is 5.32 Å². The van der Waals surface area contributed by atoms with Crippen LogP contribution in [0.3, 0.4) is 0 Å². The molecule has 33 heavy (non-hydrogen) atoms. The standard InChI is InChI=1S/C29H35NO2Si/c1-29(2,3)33(4,5)32-26(22-21-23-15-9-6-10-16-23)27(24-17-11-7-12-18-24)30-28(31)25-19-13-8-14-20-25/h6-22,26-27H,1-5H3,(H,30,31)/t26-,27-/m1/s1. The number of carbonyl (C=O) groups excluding carboxylic acids is 1. The fourth-order valence-electron chi connectivity index (χ4n) is 3.34. The van der Waals surface area contributed by atoms with Gasteiger partial charge in [0.15, 0.2) is 8.32 Å². The highest BCUT2D eigenvalue weighted by atomic mass is 28.4. The molecule has 0 aliphatic rings. The maximum Gasteiger partial charge on any atom is 0.251 e. The van der Waals surface area contributed by atoms with Gasteiger partial charge in [0.05, 0.1) is 12.1 Å². The summed E-state index contributed by atoms with van der Waals surface area (Å²) in [7, 11) is -2.13. The molecule has 1 amide bonds. The van der Waals surface area contributed by atoms with Crippen molar-refractivity contribution in [1.29, 1.82) is 0 Å². The molecule has 172 valence electrons. The number of nitrogens with one attached hydrogen (secondary N) is 1. The summed E-state index contributed by atoms with van der Waals surface area (Å²) in [6, 6.07) is 29.3. The number of carbonyl (C=O) groups is 1. The molecule has 0 saturated carbocycles. The second kappa shape index (κ2) is 10.8. The maximum absolute atomic E-state index is 13.2. The minimum atomic E-state index is -2.13. The van der Waals surface area contributed by atoms with E-state index in [1.807, 2.05) is 78.9 Å². The molecule has 3 nitrogen and oxygen atoms in total. The van der Waals surface area contributed by atoms with Crippen molar-refractivity contribution in [2.75, 3.05) is 0 Å². The Balaban J connectivity index is 2.01. The second-order valence-corrected chi connectivity index (χ2v) is 14.6. The van der Waals surface area contributed by atoms with E-state index in [0.717, 1.165) is 11.1 Å². The predicted octanol–water partition coefficient (Wildman–Crippen LogP) is 7.26. The lowest BCUT2D eigenvalue weighted by Crippen LogP contribution is -2.47. The molecular weight excluding hydrogens is 422 g/mol. The zero-order chi connectivity index (χ0) is 23.9. The topological polar surface area (TPSA) is 38.3 Å². The Labute approximate surface area is 199 Å². The molecule has 3 rings (SSSR count). The van der Waals surface area contributed by atoms with Crippen LogP contribution in [0.1, 0.15) is 48.3 Å². The highest BCUT2D eigenvalue weighted by Gasteiger charge is 2.40. The Bertz CT molecular complexity index is 1040. The van der Waals surface area contributed by atoms with E-state index in [1.54, 1.807) is 0 Å². The van der Waals surface area contributed by atoms with E-state index in [2.05, 4.69) is 63.5 Å². The zero-order valence-corrected chi connectivity index (χ0v) is 21.3. The van der Waals surface area contributed by atoms with Crippen LogP contribution in [-0.4, -0.2) is 20.3 Å². The molecule has 0 aromatic heterocycles. The number of hydrogen-bond donors (Lipinski definition) is 1. The average Bonchev–Trinajstić information content (AvgIpc) is 2.81. The fourth-order valence-corrected chi connectivity index (χ4v) is 4.58. The number of benzene rings is 3. The summed E-state index contributed by atoms with van der Waals surface area (Å²) < 4.78 is 6.91. The van der Waals surface area contributed by atoms with Gasteiger partial charge in [0.2, 0.25) is 0 Å². The minimum absolute atomic E-state index is 0.0382. The molecule has 3 aromatic rings. The maximum atomic E-state index is 13.2. The molecule has 0 aliphatic heterocycles. The van der Waals surface area contributed by atoms with E-state index in [0.29, 0.717) is 5.56 Å². The van der Waals surface area contributed by atoms with Crippen LogP contribution in [0.25, 0.3) is 6.08 Å². The van der Waals surface area contributed by atoms with E-state index >= 15 is 0 Å². The summed E-state index contributed by atoms with van der Waals surface area (Å²) in [5.74, 6) is -0.110. The Kier molecular flexibility index (Phi) is 8.06. The lowest BCUT2D eigenvalue weighted by Gasteiger charge is -2.41. The van der Waals surface area contributed by atoms with Crippen LogP contribution in [0, 0.1) is 0 Å². The van der Waals surface area contributed by atoms with Gasteiger partial charge in [0.1, 0.15) is 0 Å². The molecule has 3 aromatic carbocycles. The lowest BCUT2D eigenvalue weighted by molar-refractivity contribution is 0.0891. The van der Waals surface area contributed by atoms with E-state index in [4.69, 9.17) is 4.43 Å². The largest absolute Gasteiger partial charge is 0.408 e. The zero-order valence-electron chi connectivity index (χ0n) is 20.3. The monoisotopic (exact) mass is 457 g/mol. The van der Waals surface area contributed by atoms with Gasteiger partial charge in [-0.05, 0) is 41.4 Å². The third-order valence-electron chi connectivity index (χ3n) is 6.32. The van der Waals surface area contributed by atoms with Crippen molar-refractivity contribution in [3.63, 3.8) is 0 Å². The number of hydrogen-bond acceptors (Lipinski definition) is 2. The van der Waals surface area contributed by atoms with Gasteiger partial charge < -0.3 is 9.74 Å². The van der Waals surface area contributed by atoms with E-state index in [1.165, 1.54) is 0 Å². The van der Waals surface area contributed by atoms with Crippen LogP contribution in [0.5, 0.6) is 0 Å². The summed E-state index contributed by atoms with van der Waals surface area (Å²) in [5.41, 5.74) is 2.75. The number of amides is 1. The van der Waals surface area contributed by atoms with Gasteiger partial charge in [-0.15, -0.1) is 0 Å². The third-order valence-corrected chi connectivity index (χ3v) is 10.8. The Morgan fingerprint density at radius 1 is 0.848 bits per heavy atom. The van der Waals surface area contributed by atoms with E-state index < -0.39 is 8.32 Å². The lowest BCUT2D eigenvalue weighted by atomic mass is 9.99. The predicted molar refractivity (Wildman–Crippen MR) is 141 cm³/mol. The van der Waals surface area contributed by atoms with Crippen molar-refractivity contribution in [3.05, 3.63) is 114 Å². The molecule has 0 heterocycles. The van der Waals surface area contributed by atoms with Crippen LogP contribution in [0.15, 0.2) is 97.1 Å². The number of rotatable bonds is 8. The van der Waals surface area contributed by atoms with Gasteiger partial charge in [-0.25, -0.2) is 0 Å². The SMILES string of the molecule is CC(C)(C)[Si](C)(C)O[C@H](C=Cc1ccccc1)[C@H](NC(=O)c1ccccc1)c1ccccc1. The Hall–Kier alpha value is -2.95. The highest BCUT2D eigenvalue weighted by Crippen LogP contribution is 2.39. The first-order valence-electron chi connectivity index (χ1n) is 11.5. The molecule has 4 heteroatoms. The van der Waals surface area contributed by atoms with Crippen LogP contribution < -0.4 is 5.32 Å². The summed E-state index contributed by atoms with van der Waals surface area (Å²) in [6.07, 6.45) is 3.86. The molecule has 1 N–H and O–H groups in total. The van der Waals surface area contributed by atoms with Crippen molar-refractivity contribution in [2.45, 2.75) is 51.0 Å². The van der Waals surface area contributed by atoms with Crippen LogP contribution >= 0.6 is 0 Å². The minimum Gasteiger partial charge on any atom is -0.408 e. The Morgan fingerprint density at radius 2 is 1.36 bits per heavy atom. The highest BCUT2D eigenvalue weighted by molar-refractivity contribution is 6.74. The van der Waals surface area contributed by atoms with Gasteiger partial charge in [0, 0.05) is 5.56 Å². The molecule has 0 saturated heterocycles. The molecule has 0 bridgehead atoms. The molecule has 0 radical (unpaired) electrons. The second-order valence-electron chi connectivity index (χ2n) is 9.84. The summed E-state index contributed by atoms with van der Waals surface area (Å²) in [6.45, 7) is 11.2. The summed E-state index contributed by atoms with van der Waals surface area (Å²) >= 11 is 0. The molecule has 2 atom stereocenters. The molecular formula is C29H35NO2Si. The Morgan fingerprint density at radius 3 is 1.91 bits per heavy atom. The van der Waals surface area contributed by atoms with Crippen molar-refractivity contribution >= 4 is 20.3 Å². The molecule has 0 aliphatic carbocycles. The van der Waals surface area contributed by atoms with Gasteiger partial charge in [-0.1, -0.05) is 112 Å². The molecule has 0 fully saturated rings. The van der Waals surface area contributed by atoms with Crippen molar-refractivity contribution in [3.8, 4) is 0 Å². The van der Waals surface area contributed by atoms with Crippen molar-refractivity contribution in [2.24, 2.45) is 0 Å². The average molecular weight is 458 g/mol. The van der Waals surface area contributed by atoms with Gasteiger partial charge in [0.25, 0.3) is 5.91 Å². The van der Waals surface area contributed by atoms with Gasteiger partial charge >= 0.3 is 0 Å². The summed E-state index contributed by atoms with van der Waals surface area (Å²) in [5, 5.41) is 3.31. The van der Waals surface area contributed by atoms with E-state index in [-0.39, 0.29) is 23.1 Å². The quantitative estimate of drug-likeness (QED) is 0.361. The smallest absolute Gasteiger partial charge is 0.251 e.